The van der Waals surface area contributed by atoms with E-state index in [0.29, 0.717) is 17.8 Å². The van der Waals surface area contributed by atoms with Crippen LogP contribution in [0, 0.1) is 0 Å². The standard InChI is InChI=1S/C13H15N3O3S/c1-15-7-10(17)16-5-4-8(11(16)13(15)19)14-12(18)9-3-2-6-20-9/h2-3,6,8,11H,4-5,7H2,1H3,(H,14,18). The number of nitrogens with one attached hydrogen (secondary N) is 1. The highest BCUT2D eigenvalue weighted by Gasteiger charge is 2.47. The molecule has 1 aromatic heterocycles. The maximum atomic E-state index is 12.2. The van der Waals surface area contributed by atoms with Crippen molar-refractivity contribution in [3.8, 4) is 0 Å². The number of carbonyl (C=O) groups excluding carboxylic acids is 3. The fraction of sp³-hybridized carbons (Fsp3) is 0.462. The summed E-state index contributed by atoms with van der Waals surface area (Å²) in [7, 11) is 1.62. The minimum atomic E-state index is -0.551. The van der Waals surface area contributed by atoms with Gasteiger partial charge in [-0.2, -0.15) is 0 Å². The third-order valence-corrected chi connectivity index (χ3v) is 4.65. The Balaban J connectivity index is 1.76. The van der Waals surface area contributed by atoms with E-state index in [9.17, 15) is 14.4 Å². The van der Waals surface area contributed by atoms with E-state index in [2.05, 4.69) is 5.32 Å². The first-order valence-corrected chi connectivity index (χ1v) is 7.34. The third-order valence-electron chi connectivity index (χ3n) is 3.78. The molecule has 2 unspecified atom stereocenters. The average Bonchev–Trinajstić information content (AvgIpc) is 3.05. The second-order valence-electron chi connectivity index (χ2n) is 5.07. The predicted octanol–water partition coefficient (Wildman–Crippen LogP) is -0.0806. The topological polar surface area (TPSA) is 69.7 Å². The zero-order chi connectivity index (χ0) is 14.3. The highest BCUT2D eigenvalue weighted by atomic mass is 32.1. The van der Waals surface area contributed by atoms with Crippen LogP contribution in [0.25, 0.3) is 0 Å². The molecule has 20 heavy (non-hydrogen) atoms. The minimum absolute atomic E-state index is 0.0510. The molecule has 2 fully saturated rings. The van der Waals surface area contributed by atoms with E-state index in [4.69, 9.17) is 0 Å². The molecule has 0 aromatic carbocycles. The maximum absolute atomic E-state index is 12.2. The summed E-state index contributed by atoms with van der Waals surface area (Å²) >= 11 is 1.36. The molecule has 0 saturated carbocycles. The van der Waals surface area contributed by atoms with Gasteiger partial charge in [0.1, 0.15) is 6.04 Å². The first kappa shape index (κ1) is 13.1. The van der Waals surface area contributed by atoms with Gasteiger partial charge in [0.05, 0.1) is 17.5 Å². The molecule has 2 saturated heterocycles. The number of likely N-dealkylation sites (N-methyl/N-ethyl adjacent to an activating group) is 1. The van der Waals surface area contributed by atoms with Gasteiger partial charge in [0.15, 0.2) is 0 Å². The number of carbonyl (C=O) groups is 3. The largest absolute Gasteiger partial charge is 0.346 e. The highest BCUT2D eigenvalue weighted by Crippen LogP contribution is 2.24. The molecule has 106 valence electrons. The van der Waals surface area contributed by atoms with E-state index in [1.807, 2.05) is 11.4 Å². The zero-order valence-corrected chi connectivity index (χ0v) is 11.9. The van der Waals surface area contributed by atoms with Crippen LogP contribution in [0.3, 0.4) is 0 Å². The fourth-order valence-corrected chi connectivity index (χ4v) is 3.40. The summed E-state index contributed by atoms with van der Waals surface area (Å²) in [5.74, 6) is -0.330. The van der Waals surface area contributed by atoms with Crippen LogP contribution in [-0.4, -0.2) is 59.7 Å². The van der Waals surface area contributed by atoms with E-state index >= 15 is 0 Å². The molecule has 0 radical (unpaired) electrons. The lowest BCUT2D eigenvalue weighted by atomic mass is 10.1. The van der Waals surface area contributed by atoms with Crippen molar-refractivity contribution >= 4 is 29.1 Å². The molecule has 1 aromatic rings. The van der Waals surface area contributed by atoms with E-state index < -0.39 is 6.04 Å². The van der Waals surface area contributed by atoms with Crippen molar-refractivity contribution in [2.24, 2.45) is 0 Å². The van der Waals surface area contributed by atoms with Crippen molar-refractivity contribution in [3.05, 3.63) is 22.4 Å². The van der Waals surface area contributed by atoms with Crippen LogP contribution < -0.4 is 5.32 Å². The molecule has 6 nitrogen and oxygen atoms in total. The second-order valence-corrected chi connectivity index (χ2v) is 6.02. The number of piperazine rings is 1. The Kier molecular flexibility index (Phi) is 3.21. The smallest absolute Gasteiger partial charge is 0.261 e. The lowest BCUT2D eigenvalue weighted by molar-refractivity contribution is -0.152. The number of nitrogens with zero attached hydrogens (tertiary/aromatic N) is 2. The molecule has 3 heterocycles. The van der Waals surface area contributed by atoms with E-state index in [1.165, 1.54) is 16.2 Å². The van der Waals surface area contributed by atoms with Gasteiger partial charge in [0.2, 0.25) is 11.8 Å². The first-order valence-electron chi connectivity index (χ1n) is 6.47. The molecule has 3 rings (SSSR count). The fourth-order valence-electron chi connectivity index (χ4n) is 2.77. The molecule has 0 aliphatic carbocycles. The molecule has 1 N–H and O–H groups in total. The quantitative estimate of drug-likeness (QED) is 0.829. The minimum Gasteiger partial charge on any atom is -0.346 e. The molecule has 3 amide bonds. The van der Waals surface area contributed by atoms with Gasteiger partial charge < -0.3 is 15.1 Å². The number of thiophene rings is 1. The number of rotatable bonds is 2. The van der Waals surface area contributed by atoms with Crippen LogP contribution >= 0.6 is 11.3 Å². The van der Waals surface area contributed by atoms with Crippen molar-refractivity contribution in [2.45, 2.75) is 18.5 Å². The van der Waals surface area contributed by atoms with Crippen LogP contribution in [-0.2, 0) is 9.59 Å². The normalized spacial score (nSPS) is 25.9. The van der Waals surface area contributed by atoms with Gasteiger partial charge >= 0.3 is 0 Å². The Hall–Kier alpha value is -1.89. The molecule has 2 atom stereocenters. The van der Waals surface area contributed by atoms with Gasteiger partial charge in [-0.05, 0) is 17.9 Å². The van der Waals surface area contributed by atoms with Crippen molar-refractivity contribution in [3.63, 3.8) is 0 Å². The Labute approximate surface area is 120 Å². The zero-order valence-electron chi connectivity index (χ0n) is 11.0. The lowest BCUT2D eigenvalue weighted by Crippen LogP contribution is -2.61. The SMILES string of the molecule is CN1CC(=O)N2CCC(NC(=O)c3cccs3)C2C1=O. The van der Waals surface area contributed by atoms with Gasteiger partial charge in [0, 0.05) is 13.6 Å². The molecule has 2 aliphatic heterocycles. The summed E-state index contributed by atoms with van der Waals surface area (Å²) in [6.45, 7) is 0.652. The van der Waals surface area contributed by atoms with E-state index in [-0.39, 0.29) is 30.3 Å². The van der Waals surface area contributed by atoms with Gasteiger partial charge in [-0.3, -0.25) is 14.4 Å². The summed E-state index contributed by atoms with van der Waals surface area (Å²) in [4.78, 5) is 39.8. The molecule has 0 bridgehead atoms. The Bertz CT molecular complexity index is 557. The predicted molar refractivity (Wildman–Crippen MR) is 73.3 cm³/mol. The van der Waals surface area contributed by atoms with E-state index in [0.717, 1.165) is 0 Å². The number of hydrogen-bond donors (Lipinski definition) is 1. The van der Waals surface area contributed by atoms with Crippen LogP contribution in [0.4, 0.5) is 0 Å². The van der Waals surface area contributed by atoms with Crippen LogP contribution in [0.1, 0.15) is 16.1 Å². The second kappa shape index (κ2) is 4.90. The molecule has 7 heteroatoms. The van der Waals surface area contributed by atoms with Crippen LogP contribution in [0.15, 0.2) is 17.5 Å². The highest BCUT2D eigenvalue weighted by molar-refractivity contribution is 7.12. The summed E-state index contributed by atoms with van der Waals surface area (Å²) < 4.78 is 0. The summed E-state index contributed by atoms with van der Waals surface area (Å²) in [5, 5.41) is 4.71. The van der Waals surface area contributed by atoms with Gasteiger partial charge in [-0.1, -0.05) is 6.07 Å². The Morgan fingerprint density at radius 3 is 2.95 bits per heavy atom. The lowest BCUT2D eigenvalue weighted by Gasteiger charge is -2.36. The van der Waals surface area contributed by atoms with Crippen molar-refractivity contribution in [1.29, 1.82) is 0 Å². The van der Waals surface area contributed by atoms with Crippen molar-refractivity contribution in [1.82, 2.24) is 15.1 Å². The summed E-state index contributed by atoms with van der Waals surface area (Å²) in [5.41, 5.74) is 0. The number of hydrogen-bond acceptors (Lipinski definition) is 4. The summed E-state index contributed by atoms with van der Waals surface area (Å²) in [6.07, 6.45) is 0.618. The number of amides is 3. The third kappa shape index (κ3) is 2.07. The summed E-state index contributed by atoms with van der Waals surface area (Å²) in [6, 6.07) is 2.70. The molecule has 2 aliphatic rings. The average molecular weight is 293 g/mol. The van der Waals surface area contributed by atoms with Gasteiger partial charge in [-0.25, -0.2) is 0 Å². The maximum Gasteiger partial charge on any atom is 0.261 e. The Morgan fingerprint density at radius 2 is 2.25 bits per heavy atom. The van der Waals surface area contributed by atoms with Crippen LogP contribution in [0.5, 0.6) is 0 Å². The first-order chi connectivity index (χ1) is 9.58. The van der Waals surface area contributed by atoms with E-state index in [1.54, 1.807) is 18.0 Å². The van der Waals surface area contributed by atoms with Crippen LogP contribution in [0.2, 0.25) is 0 Å². The van der Waals surface area contributed by atoms with Crippen molar-refractivity contribution < 1.29 is 14.4 Å². The van der Waals surface area contributed by atoms with Gasteiger partial charge in [0.25, 0.3) is 5.91 Å². The molecular weight excluding hydrogens is 278 g/mol. The van der Waals surface area contributed by atoms with Gasteiger partial charge in [-0.15, -0.1) is 11.3 Å². The molecular formula is C13H15N3O3S. The monoisotopic (exact) mass is 293 g/mol. The van der Waals surface area contributed by atoms with Crippen molar-refractivity contribution in [2.75, 3.05) is 20.1 Å². The molecule has 0 spiro atoms. The Morgan fingerprint density at radius 1 is 1.45 bits per heavy atom. The number of fused-ring (bicyclic) bond motifs is 1.